The number of sulfonamides is 1. The quantitative estimate of drug-likeness (QED) is 0.888. The third kappa shape index (κ3) is 3.97. The van der Waals surface area contributed by atoms with Crippen molar-refractivity contribution in [3.8, 4) is 0 Å². The van der Waals surface area contributed by atoms with Gasteiger partial charge in [-0.25, -0.2) is 8.42 Å². The number of halogens is 1. The highest BCUT2D eigenvalue weighted by atomic mass is 35.5. The van der Waals surface area contributed by atoms with Gasteiger partial charge in [0.05, 0.1) is 4.90 Å². The molecule has 4 nitrogen and oxygen atoms in total. The molecule has 2 rings (SSSR count). The first kappa shape index (κ1) is 15.8. The average molecular weight is 325 g/mol. The molecule has 0 atom stereocenters. The third-order valence-electron chi connectivity index (χ3n) is 3.00. The third-order valence-corrected chi connectivity index (χ3v) is 4.76. The Hall–Kier alpha value is -1.56. The Bertz CT molecular complexity index is 745. The molecule has 2 aromatic rings. The van der Waals surface area contributed by atoms with E-state index in [1.54, 1.807) is 31.2 Å². The lowest BCUT2D eigenvalue weighted by Crippen LogP contribution is -2.14. The van der Waals surface area contributed by atoms with Gasteiger partial charge in [-0.1, -0.05) is 29.8 Å². The first-order chi connectivity index (χ1) is 9.92. The van der Waals surface area contributed by atoms with Gasteiger partial charge in [-0.05, 0) is 49.4 Å². The summed E-state index contributed by atoms with van der Waals surface area (Å²) in [4.78, 5) is 0.189. The molecule has 0 saturated carbocycles. The zero-order valence-electron chi connectivity index (χ0n) is 11.9. The fourth-order valence-corrected chi connectivity index (χ4v) is 3.58. The van der Waals surface area contributed by atoms with E-state index in [9.17, 15) is 8.42 Å². The minimum atomic E-state index is -3.65. The minimum absolute atomic E-state index is 0.189. The summed E-state index contributed by atoms with van der Waals surface area (Å²) in [6.45, 7) is 2.41. The van der Waals surface area contributed by atoms with Gasteiger partial charge in [-0.15, -0.1) is 0 Å². The van der Waals surface area contributed by atoms with Gasteiger partial charge in [0, 0.05) is 17.3 Å². The van der Waals surface area contributed by atoms with E-state index >= 15 is 0 Å². The lowest BCUT2D eigenvalue weighted by atomic mass is 10.2. The van der Waals surface area contributed by atoms with E-state index in [0.717, 1.165) is 5.56 Å². The highest BCUT2D eigenvalue weighted by Crippen LogP contribution is 2.23. The topological polar surface area (TPSA) is 58.2 Å². The van der Waals surface area contributed by atoms with Crippen molar-refractivity contribution in [1.82, 2.24) is 5.32 Å². The average Bonchev–Trinajstić information content (AvgIpc) is 2.42. The molecule has 2 aromatic carbocycles. The number of benzene rings is 2. The molecule has 0 aromatic heterocycles. The van der Waals surface area contributed by atoms with Crippen molar-refractivity contribution < 1.29 is 8.42 Å². The van der Waals surface area contributed by atoms with Crippen LogP contribution >= 0.6 is 11.6 Å². The number of hydrogen-bond acceptors (Lipinski definition) is 3. The largest absolute Gasteiger partial charge is 0.316 e. The van der Waals surface area contributed by atoms with Gasteiger partial charge in [0.2, 0.25) is 0 Å². The minimum Gasteiger partial charge on any atom is -0.316 e. The molecule has 0 bridgehead atoms. The van der Waals surface area contributed by atoms with E-state index in [1.807, 2.05) is 19.2 Å². The highest BCUT2D eigenvalue weighted by Gasteiger charge is 2.17. The Kier molecular flexibility index (Phi) is 4.88. The summed E-state index contributed by atoms with van der Waals surface area (Å²) in [5.41, 5.74) is 2.18. The van der Waals surface area contributed by atoms with E-state index in [-0.39, 0.29) is 4.90 Å². The van der Waals surface area contributed by atoms with Gasteiger partial charge in [-0.2, -0.15) is 0 Å². The van der Waals surface area contributed by atoms with Crippen LogP contribution in [0.15, 0.2) is 47.4 Å². The van der Waals surface area contributed by atoms with Crippen molar-refractivity contribution in [1.29, 1.82) is 0 Å². The molecule has 2 N–H and O–H groups in total. The van der Waals surface area contributed by atoms with Crippen molar-refractivity contribution in [2.75, 3.05) is 11.8 Å². The van der Waals surface area contributed by atoms with Gasteiger partial charge in [0.1, 0.15) is 0 Å². The van der Waals surface area contributed by atoms with Crippen LogP contribution in [0.2, 0.25) is 5.02 Å². The maximum absolute atomic E-state index is 12.5. The SMILES string of the molecule is CNCc1cccc(NS(=O)(=O)c2cc(Cl)ccc2C)c1. The smallest absolute Gasteiger partial charge is 0.262 e. The molecule has 0 spiro atoms. The molecule has 0 aliphatic heterocycles. The normalized spacial score (nSPS) is 11.4. The van der Waals surface area contributed by atoms with Crippen LogP contribution in [0.25, 0.3) is 0 Å². The van der Waals surface area contributed by atoms with Crippen LogP contribution in [0.3, 0.4) is 0 Å². The fraction of sp³-hybridized carbons (Fsp3) is 0.200. The second kappa shape index (κ2) is 6.47. The molecule has 0 heterocycles. The zero-order valence-corrected chi connectivity index (χ0v) is 13.4. The van der Waals surface area contributed by atoms with Gasteiger partial charge >= 0.3 is 0 Å². The molecule has 21 heavy (non-hydrogen) atoms. The van der Waals surface area contributed by atoms with E-state index < -0.39 is 10.0 Å². The molecular weight excluding hydrogens is 308 g/mol. The summed E-state index contributed by atoms with van der Waals surface area (Å²) in [5.74, 6) is 0. The second-order valence-electron chi connectivity index (χ2n) is 4.75. The van der Waals surface area contributed by atoms with Gasteiger partial charge < -0.3 is 5.32 Å². The van der Waals surface area contributed by atoms with Crippen molar-refractivity contribution in [3.63, 3.8) is 0 Å². The molecule has 0 aliphatic carbocycles. The predicted octanol–water partition coefficient (Wildman–Crippen LogP) is 3.17. The maximum atomic E-state index is 12.5. The maximum Gasteiger partial charge on any atom is 0.262 e. The number of nitrogens with one attached hydrogen (secondary N) is 2. The first-order valence-corrected chi connectivity index (χ1v) is 8.31. The lowest BCUT2D eigenvalue weighted by Gasteiger charge is -2.11. The van der Waals surface area contributed by atoms with Crippen molar-refractivity contribution in [3.05, 3.63) is 58.6 Å². The Labute approximate surface area is 130 Å². The molecule has 6 heteroatoms. The van der Waals surface area contributed by atoms with Crippen LogP contribution < -0.4 is 10.0 Å². The summed E-state index contributed by atoms with van der Waals surface area (Å²) in [6, 6.07) is 12.1. The zero-order chi connectivity index (χ0) is 15.5. The summed E-state index contributed by atoms with van der Waals surface area (Å²) >= 11 is 5.89. The Morgan fingerprint density at radius 1 is 1.14 bits per heavy atom. The number of aryl methyl sites for hydroxylation is 1. The second-order valence-corrected chi connectivity index (χ2v) is 6.83. The Morgan fingerprint density at radius 2 is 1.90 bits per heavy atom. The van der Waals surface area contributed by atoms with Crippen LogP contribution in [0.4, 0.5) is 5.69 Å². The summed E-state index contributed by atoms with van der Waals surface area (Å²) in [7, 11) is -1.81. The van der Waals surface area contributed by atoms with Gasteiger partial charge in [0.25, 0.3) is 10.0 Å². The summed E-state index contributed by atoms with van der Waals surface area (Å²) < 4.78 is 27.5. The number of anilines is 1. The fourth-order valence-electron chi connectivity index (χ4n) is 2.02. The molecule has 0 amide bonds. The van der Waals surface area contributed by atoms with Gasteiger partial charge in [0.15, 0.2) is 0 Å². The van der Waals surface area contributed by atoms with E-state index in [0.29, 0.717) is 22.8 Å². The molecule has 0 saturated heterocycles. The van der Waals surface area contributed by atoms with Crippen LogP contribution in [0.5, 0.6) is 0 Å². The van der Waals surface area contributed by atoms with Crippen LogP contribution in [-0.2, 0) is 16.6 Å². The monoisotopic (exact) mass is 324 g/mol. The number of hydrogen-bond donors (Lipinski definition) is 2. The van der Waals surface area contributed by atoms with Crippen molar-refractivity contribution in [2.24, 2.45) is 0 Å². The van der Waals surface area contributed by atoms with Crippen LogP contribution in [-0.4, -0.2) is 15.5 Å². The molecule has 112 valence electrons. The Morgan fingerprint density at radius 3 is 2.62 bits per heavy atom. The lowest BCUT2D eigenvalue weighted by molar-refractivity contribution is 0.600. The Balaban J connectivity index is 2.33. The summed E-state index contributed by atoms with van der Waals surface area (Å²) in [6.07, 6.45) is 0. The summed E-state index contributed by atoms with van der Waals surface area (Å²) in [5, 5.41) is 3.42. The van der Waals surface area contributed by atoms with E-state index in [1.165, 1.54) is 6.07 Å². The molecule has 0 unspecified atom stereocenters. The highest BCUT2D eigenvalue weighted by molar-refractivity contribution is 7.92. The van der Waals surface area contributed by atoms with Crippen LogP contribution in [0.1, 0.15) is 11.1 Å². The molecule has 0 aliphatic rings. The van der Waals surface area contributed by atoms with Gasteiger partial charge in [-0.3, -0.25) is 4.72 Å². The number of rotatable bonds is 5. The van der Waals surface area contributed by atoms with E-state index in [2.05, 4.69) is 10.0 Å². The van der Waals surface area contributed by atoms with E-state index in [4.69, 9.17) is 11.6 Å². The molecule has 0 radical (unpaired) electrons. The first-order valence-electron chi connectivity index (χ1n) is 6.45. The standard InChI is InChI=1S/C15H17ClN2O2S/c1-11-6-7-13(16)9-15(11)21(19,20)18-14-5-3-4-12(8-14)10-17-2/h3-9,17-18H,10H2,1-2H3. The van der Waals surface area contributed by atoms with Crippen LogP contribution in [0, 0.1) is 6.92 Å². The van der Waals surface area contributed by atoms with Crippen molar-refractivity contribution >= 4 is 27.3 Å². The van der Waals surface area contributed by atoms with Crippen molar-refractivity contribution in [2.45, 2.75) is 18.4 Å². The predicted molar refractivity (Wildman–Crippen MR) is 86.2 cm³/mol. The molecule has 0 fully saturated rings. The molecular formula is C15H17ClN2O2S.